The molecule has 4 rings (SSSR count). The minimum absolute atomic E-state index is 0.116. The highest BCUT2D eigenvalue weighted by Gasteiger charge is 2.23. The van der Waals surface area contributed by atoms with Crippen LogP contribution in [-0.4, -0.2) is 43.5 Å². The van der Waals surface area contributed by atoms with E-state index in [9.17, 15) is 9.18 Å². The zero-order chi connectivity index (χ0) is 22.0. The predicted octanol–water partition coefficient (Wildman–Crippen LogP) is 3.99. The molecule has 3 aromatic rings. The van der Waals surface area contributed by atoms with Gasteiger partial charge in [-0.25, -0.2) is 13.9 Å². The molecule has 1 saturated heterocycles. The Morgan fingerprint density at radius 3 is 2.58 bits per heavy atom. The Kier molecular flexibility index (Phi) is 6.30. The van der Waals surface area contributed by atoms with Crippen molar-refractivity contribution in [3.05, 3.63) is 58.4 Å². The van der Waals surface area contributed by atoms with Crippen LogP contribution in [-0.2, 0) is 17.6 Å². The molecule has 0 N–H and O–H groups in total. The number of rotatable bonds is 6. The molecule has 0 unspecified atom stereocenters. The van der Waals surface area contributed by atoms with Gasteiger partial charge in [-0.2, -0.15) is 10.1 Å². The van der Waals surface area contributed by atoms with Crippen molar-refractivity contribution in [1.29, 1.82) is 0 Å². The summed E-state index contributed by atoms with van der Waals surface area (Å²) in [5, 5.41) is 4.41. The smallest absolute Gasteiger partial charge is 0.252 e. The van der Waals surface area contributed by atoms with Gasteiger partial charge in [-0.15, -0.1) is 0 Å². The summed E-state index contributed by atoms with van der Waals surface area (Å²) in [4.78, 5) is 23.7. The number of carbonyl (C=O) groups is 1. The van der Waals surface area contributed by atoms with Crippen LogP contribution in [0.2, 0.25) is 0 Å². The minimum atomic E-state index is -0.116. The first-order valence-corrected chi connectivity index (χ1v) is 11.1. The molecule has 0 bridgehead atoms. The van der Waals surface area contributed by atoms with Gasteiger partial charge in [0.1, 0.15) is 11.6 Å². The van der Waals surface area contributed by atoms with Crippen LogP contribution in [0.15, 0.2) is 24.3 Å². The molecule has 3 heterocycles. The van der Waals surface area contributed by atoms with Crippen LogP contribution in [0.25, 0.3) is 5.78 Å². The average molecular weight is 424 g/mol. The summed E-state index contributed by atoms with van der Waals surface area (Å²) >= 11 is 0. The van der Waals surface area contributed by atoms with Gasteiger partial charge in [0, 0.05) is 30.9 Å². The van der Waals surface area contributed by atoms with Gasteiger partial charge in [0.25, 0.3) is 5.78 Å². The number of benzene rings is 1. The lowest BCUT2D eigenvalue weighted by atomic mass is 9.90. The number of aromatic nitrogens is 4. The predicted molar refractivity (Wildman–Crippen MR) is 117 cm³/mol. The number of amides is 1. The summed E-state index contributed by atoms with van der Waals surface area (Å²) in [5.41, 5.74) is 3.78. The number of piperidine rings is 1. The third-order valence-electron chi connectivity index (χ3n) is 6.49. The fraction of sp³-hybridized carbons (Fsp3) is 0.500. The summed E-state index contributed by atoms with van der Waals surface area (Å²) in [5.74, 6) is 1.94. The molecule has 1 aliphatic rings. The molecule has 2 aromatic heterocycles. The monoisotopic (exact) mass is 423 g/mol. The van der Waals surface area contributed by atoms with Crippen molar-refractivity contribution in [3.63, 3.8) is 0 Å². The third kappa shape index (κ3) is 4.75. The van der Waals surface area contributed by atoms with Crippen molar-refractivity contribution in [1.82, 2.24) is 24.5 Å². The molecule has 1 fully saturated rings. The largest absolute Gasteiger partial charge is 0.343 e. The molecule has 0 radical (unpaired) electrons. The van der Waals surface area contributed by atoms with Crippen LogP contribution in [0.3, 0.4) is 0 Å². The Morgan fingerprint density at radius 2 is 1.84 bits per heavy atom. The molecule has 31 heavy (non-hydrogen) atoms. The van der Waals surface area contributed by atoms with Gasteiger partial charge >= 0.3 is 0 Å². The van der Waals surface area contributed by atoms with Crippen LogP contribution in [0.4, 0.5) is 4.39 Å². The number of carbonyl (C=O) groups excluding carboxylic acids is 1. The van der Waals surface area contributed by atoms with Crippen LogP contribution < -0.4 is 0 Å². The minimum Gasteiger partial charge on any atom is -0.343 e. The van der Waals surface area contributed by atoms with Crippen molar-refractivity contribution in [3.8, 4) is 0 Å². The average Bonchev–Trinajstić information content (AvgIpc) is 3.13. The molecule has 0 spiro atoms. The van der Waals surface area contributed by atoms with E-state index in [0.717, 1.165) is 61.3 Å². The van der Waals surface area contributed by atoms with Crippen LogP contribution in [0.5, 0.6) is 0 Å². The zero-order valence-electron chi connectivity index (χ0n) is 18.6. The second-order valence-corrected chi connectivity index (χ2v) is 8.59. The van der Waals surface area contributed by atoms with Gasteiger partial charge in [0.15, 0.2) is 0 Å². The van der Waals surface area contributed by atoms with Crippen LogP contribution in [0, 0.1) is 32.5 Å². The molecular weight excluding hydrogens is 393 g/mol. The van der Waals surface area contributed by atoms with E-state index in [4.69, 9.17) is 0 Å². The summed E-state index contributed by atoms with van der Waals surface area (Å²) in [7, 11) is 0. The number of hydrogen-bond acceptors (Lipinski definition) is 4. The van der Waals surface area contributed by atoms with Gasteiger partial charge in [0.05, 0.1) is 0 Å². The van der Waals surface area contributed by atoms with E-state index in [0.29, 0.717) is 30.4 Å². The van der Waals surface area contributed by atoms with Gasteiger partial charge in [-0.3, -0.25) is 4.79 Å². The summed E-state index contributed by atoms with van der Waals surface area (Å²) in [6.07, 6.45) is 4.85. The Bertz CT molecular complexity index is 1090. The molecule has 6 nitrogen and oxygen atoms in total. The first-order valence-electron chi connectivity index (χ1n) is 11.1. The Balaban J connectivity index is 1.29. The summed E-state index contributed by atoms with van der Waals surface area (Å²) < 4.78 is 15.6. The maximum absolute atomic E-state index is 13.8. The maximum atomic E-state index is 13.8. The van der Waals surface area contributed by atoms with E-state index in [-0.39, 0.29) is 11.7 Å². The zero-order valence-corrected chi connectivity index (χ0v) is 18.6. The number of hydrogen-bond donors (Lipinski definition) is 0. The summed E-state index contributed by atoms with van der Waals surface area (Å²) in [6, 6.07) is 7.01. The molecular formula is C24H30FN5O. The van der Waals surface area contributed by atoms with Crippen molar-refractivity contribution >= 4 is 11.7 Å². The van der Waals surface area contributed by atoms with E-state index in [2.05, 4.69) is 15.1 Å². The summed E-state index contributed by atoms with van der Waals surface area (Å²) in [6.45, 7) is 7.41. The second kappa shape index (κ2) is 9.12. The van der Waals surface area contributed by atoms with Crippen molar-refractivity contribution in [2.75, 3.05) is 13.1 Å². The van der Waals surface area contributed by atoms with E-state index < -0.39 is 0 Å². The van der Waals surface area contributed by atoms with Crippen molar-refractivity contribution in [2.45, 2.75) is 59.3 Å². The molecule has 1 aliphatic heterocycles. The van der Waals surface area contributed by atoms with E-state index in [1.807, 2.05) is 37.8 Å². The molecule has 0 atom stereocenters. The van der Waals surface area contributed by atoms with Crippen LogP contribution >= 0.6 is 0 Å². The van der Waals surface area contributed by atoms with E-state index in [1.165, 1.54) is 6.07 Å². The Hall–Kier alpha value is -2.83. The van der Waals surface area contributed by atoms with Crippen LogP contribution in [0.1, 0.15) is 54.0 Å². The normalized spacial score (nSPS) is 15.0. The second-order valence-electron chi connectivity index (χ2n) is 8.59. The van der Waals surface area contributed by atoms with E-state index in [1.54, 1.807) is 10.6 Å². The fourth-order valence-electron chi connectivity index (χ4n) is 4.59. The highest BCUT2D eigenvalue weighted by molar-refractivity contribution is 5.76. The number of nitrogens with zero attached hydrogens (tertiary/aromatic N) is 5. The molecule has 1 aromatic carbocycles. The number of fused-ring (bicyclic) bond motifs is 1. The van der Waals surface area contributed by atoms with Gasteiger partial charge < -0.3 is 4.90 Å². The maximum Gasteiger partial charge on any atom is 0.252 e. The van der Waals surface area contributed by atoms with E-state index >= 15 is 0 Å². The number of aryl methyl sites for hydroxylation is 4. The topological polar surface area (TPSA) is 63.4 Å². The SMILES string of the molecule is Cc1nc2nc(C)c(CCC(=O)N3CCC(CCc4ccccc4F)CC3)c(C)n2n1. The van der Waals surface area contributed by atoms with Gasteiger partial charge in [-0.1, -0.05) is 18.2 Å². The van der Waals surface area contributed by atoms with Crippen molar-refractivity contribution < 1.29 is 9.18 Å². The molecule has 0 aliphatic carbocycles. The first kappa shape index (κ1) is 21.4. The Morgan fingerprint density at radius 1 is 1.10 bits per heavy atom. The lowest BCUT2D eigenvalue weighted by Crippen LogP contribution is -2.38. The number of halogens is 1. The Labute approximate surface area is 182 Å². The highest BCUT2D eigenvalue weighted by Crippen LogP contribution is 2.24. The molecule has 0 saturated carbocycles. The fourth-order valence-corrected chi connectivity index (χ4v) is 4.59. The molecule has 164 valence electrons. The quantitative estimate of drug-likeness (QED) is 0.601. The number of likely N-dealkylation sites (tertiary alicyclic amines) is 1. The van der Waals surface area contributed by atoms with Gasteiger partial charge in [-0.05, 0) is 76.0 Å². The lowest BCUT2D eigenvalue weighted by Gasteiger charge is -2.32. The standard InChI is InChI=1S/C24H30FN5O/c1-16-21(17(2)30-24(26-16)27-18(3)28-30)10-11-23(31)29-14-12-19(13-15-29)8-9-20-6-4-5-7-22(20)25/h4-7,19H,8-15H2,1-3H3. The van der Waals surface area contributed by atoms with Crippen molar-refractivity contribution in [2.24, 2.45) is 5.92 Å². The molecule has 7 heteroatoms. The lowest BCUT2D eigenvalue weighted by molar-refractivity contribution is -0.132. The first-order chi connectivity index (χ1) is 14.9. The molecule has 1 amide bonds. The third-order valence-corrected chi connectivity index (χ3v) is 6.49. The highest BCUT2D eigenvalue weighted by atomic mass is 19.1. The van der Waals surface area contributed by atoms with Gasteiger partial charge in [0.2, 0.25) is 5.91 Å².